The van der Waals surface area contributed by atoms with E-state index in [4.69, 9.17) is 10.7 Å². The number of amides is 1. The van der Waals surface area contributed by atoms with E-state index in [1.165, 1.54) is 5.56 Å². The zero-order valence-corrected chi connectivity index (χ0v) is 16.5. The van der Waals surface area contributed by atoms with Crippen LogP contribution in [0.5, 0.6) is 0 Å². The van der Waals surface area contributed by atoms with Gasteiger partial charge in [0.05, 0.1) is 16.8 Å². The van der Waals surface area contributed by atoms with Crippen molar-refractivity contribution in [3.63, 3.8) is 0 Å². The van der Waals surface area contributed by atoms with Crippen LogP contribution in [-0.2, 0) is 23.5 Å². The van der Waals surface area contributed by atoms with E-state index in [1.807, 2.05) is 58.2 Å². The van der Waals surface area contributed by atoms with Crippen molar-refractivity contribution in [3.05, 3.63) is 66.0 Å². The van der Waals surface area contributed by atoms with E-state index >= 15 is 0 Å². The molecule has 0 aliphatic carbocycles. The largest absolute Gasteiger partial charge is 0.340 e. The molecule has 0 spiro atoms. The van der Waals surface area contributed by atoms with E-state index in [0.717, 1.165) is 29.0 Å². The minimum Gasteiger partial charge on any atom is -0.340 e. The number of carbonyl (C=O) groups excluding carboxylic acids is 1. The van der Waals surface area contributed by atoms with Gasteiger partial charge in [0, 0.05) is 19.6 Å². The van der Waals surface area contributed by atoms with Crippen molar-refractivity contribution >= 4 is 28.7 Å². The Morgan fingerprint density at radius 3 is 2.59 bits per heavy atom. The summed E-state index contributed by atoms with van der Waals surface area (Å²) >= 11 is 1.71. The van der Waals surface area contributed by atoms with Crippen LogP contribution in [0.3, 0.4) is 0 Å². The Bertz CT molecular complexity index is 878. The third kappa shape index (κ3) is 4.90. The zero-order chi connectivity index (χ0) is 19.1. The molecule has 142 valence electrons. The van der Waals surface area contributed by atoms with E-state index in [1.54, 1.807) is 11.8 Å². The predicted octanol–water partition coefficient (Wildman–Crippen LogP) is 2.93. The second-order valence-corrected chi connectivity index (χ2v) is 7.31. The SMILES string of the molecule is CSCc1nc2ccccc2n1CC(=O)N(CCN)CCc1ccccc1. The average molecular weight is 383 g/mol. The molecular formula is C21H26N4OS. The van der Waals surface area contributed by atoms with Crippen molar-refractivity contribution in [2.45, 2.75) is 18.7 Å². The minimum atomic E-state index is 0.0851. The van der Waals surface area contributed by atoms with Crippen LogP contribution in [0.25, 0.3) is 11.0 Å². The van der Waals surface area contributed by atoms with E-state index < -0.39 is 0 Å². The molecule has 0 fully saturated rings. The van der Waals surface area contributed by atoms with Gasteiger partial charge in [0.2, 0.25) is 5.91 Å². The van der Waals surface area contributed by atoms with Crippen LogP contribution in [-0.4, -0.2) is 46.2 Å². The first-order valence-corrected chi connectivity index (χ1v) is 10.6. The summed E-state index contributed by atoms with van der Waals surface area (Å²) in [5.74, 6) is 1.80. The van der Waals surface area contributed by atoms with Gasteiger partial charge in [-0.05, 0) is 30.4 Å². The standard InChI is InChI=1S/C21H26N4OS/c1-27-16-20-23-18-9-5-6-10-19(18)25(20)15-21(26)24(14-12-22)13-11-17-7-3-2-4-8-17/h2-10H,11-16,22H2,1H3. The smallest absolute Gasteiger partial charge is 0.242 e. The lowest BCUT2D eigenvalue weighted by atomic mass is 10.1. The molecule has 5 nitrogen and oxygen atoms in total. The maximum Gasteiger partial charge on any atom is 0.242 e. The number of benzene rings is 2. The number of hydrogen-bond acceptors (Lipinski definition) is 4. The summed E-state index contributed by atoms with van der Waals surface area (Å²) in [6, 6.07) is 18.2. The number of rotatable bonds is 9. The molecule has 0 bridgehead atoms. The Labute approximate surface area is 164 Å². The summed E-state index contributed by atoms with van der Waals surface area (Å²) < 4.78 is 2.04. The molecule has 3 aromatic rings. The Kier molecular flexibility index (Phi) is 6.90. The van der Waals surface area contributed by atoms with Gasteiger partial charge in [-0.3, -0.25) is 4.79 Å². The number of carbonyl (C=O) groups is 1. The summed E-state index contributed by atoms with van der Waals surface area (Å²) in [6.45, 7) is 1.99. The third-order valence-electron chi connectivity index (χ3n) is 4.57. The fourth-order valence-electron chi connectivity index (χ4n) is 3.20. The Balaban J connectivity index is 1.77. The minimum absolute atomic E-state index is 0.0851. The molecule has 2 aromatic carbocycles. The maximum absolute atomic E-state index is 13.0. The lowest BCUT2D eigenvalue weighted by Crippen LogP contribution is -2.39. The molecule has 0 aliphatic rings. The summed E-state index contributed by atoms with van der Waals surface area (Å²) in [6.07, 6.45) is 2.88. The monoisotopic (exact) mass is 382 g/mol. The molecular weight excluding hydrogens is 356 g/mol. The highest BCUT2D eigenvalue weighted by atomic mass is 32.2. The van der Waals surface area contributed by atoms with Gasteiger partial charge in [0.25, 0.3) is 0 Å². The molecule has 1 heterocycles. The number of aromatic nitrogens is 2. The highest BCUT2D eigenvalue weighted by Gasteiger charge is 2.17. The molecule has 0 atom stereocenters. The molecule has 0 aliphatic heterocycles. The van der Waals surface area contributed by atoms with Gasteiger partial charge in [0.1, 0.15) is 12.4 Å². The van der Waals surface area contributed by atoms with Crippen LogP contribution < -0.4 is 5.73 Å². The first kappa shape index (κ1) is 19.5. The lowest BCUT2D eigenvalue weighted by molar-refractivity contribution is -0.131. The highest BCUT2D eigenvalue weighted by molar-refractivity contribution is 7.97. The average Bonchev–Trinajstić information content (AvgIpc) is 3.03. The first-order valence-electron chi connectivity index (χ1n) is 9.17. The number of thioether (sulfide) groups is 1. The molecule has 0 saturated carbocycles. The Morgan fingerprint density at radius 1 is 1.11 bits per heavy atom. The van der Waals surface area contributed by atoms with Crippen LogP contribution >= 0.6 is 11.8 Å². The summed E-state index contributed by atoms with van der Waals surface area (Å²) in [4.78, 5) is 19.6. The van der Waals surface area contributed by atoms with Gasteiger partial charge in [0.15, 0.2) is 0 Å². The van der Waals surface area contributed by atoms with Crippen LogP contribution in [0.2, 0.25) is 0 Å². The van der Waals surface area contributed by atoms with Crippen LogP contribution in [0, 0.1) is 0 Å². The summed E-state index contributed by atoms with van der Waals surface area (Å²) in [7, 11) is 0. The van der Waals surface area contributed by atoms with Gasteiger partial charge in [-0.1, -0.05) is 42.5 Å². The number of hydrogen-bond donors (Lipinski definition) is 1. The number of nitrogens with zero attached hydrogens (tertiary/aromatic N) is 3. The number of fused-ring (bicyclic) bond motifs is 1. The van der Waals surface area contributed by atoms with Crippen molar-refractivity contribution in [1.82, 2.24) is 14.5 Å². The Morgan fingerprint density at radius 2 is 1.85 bits per heavy atom. The highest BCUT2D eigenvalue weighted by Crippen LogP contribution is 2.19. The molecule has 27 heavy (non-hydrogen) atoms. The lowest BCUT2D eigenvalue weighted by Gasteiger charge is -2.23. The predicted molar refractivity (Wildman–Crippen MR) is 113 cm³/mol. The van der Waals surface area contributed by atoms with E-state index in [9.17, 15) is 4.79 Å². The quantitative estimate of drug-likeness (QED) is 0.618. The number of nitrogens with two attached hydrogens (primary N) is 1. The fourth-order valence-corrected chi connectivity index (χ4v) is 3.68. The van der Waals surface area contributed by atoms with Crippen LogP contribution in [0.1, 0.15) is 11.4 Å². The molecule has 2 N–H and O–H groups in total. The molecule has 0 radical (unpaired) electrons. The molecule has 6 heteroatoms. The van der Waals surface area contributed by atoms with Crippen molar-refractivity contribution in [3.8, 4) is 0 Å². The number of imidazole rings is 1. The van der Waals surface area contributed by atoms with Crippen molar-refractivity contribution in [2.75, 3.05) is 25.9 Å². The molecule has 1 aromatic heterocycles. The number of para-hydroxylation sites is 2. The second-order valence-electron chi connectivity index (χ2n) is 6.44. The maximum atomic E-state index is 13.0. The van der Waals surface area contributed by atoms with Crippen LogP contribution in [0.15, 0.2) is 54.6 Å². The molecule has 0 unspecified atom stereocenters. The molecule has 0 saturated heterocycles. The second kappa shape index (κ2) is 9.58. The van der Waals surface area contributed by atoms with E-state index in [0.29, 0.717) is 26.2 Å². The zero-order valence-electron chi connectivity index (χ0n) is 15.7. The van der Waals surface area contributed by atoms with Crippen molar-refractivity contribution in [1.29, 1.82) is 0 Å². The van der Waals surface area contributed by atoms with Gasteiger partial charge in [-0.2, -0.15) is 11.8 Å². The first-order chi connectivity index (χ1) is 13.2. The van der Waals surface area contributed by atoms with E-state index in [2.05, 4.69) is 12.1 Å². The third-order valence-corrected chi connectivity index (χ3v) is 5.11. The summed E-state index contributed by atoms with van der Waals surface area (Å²) in [5.41, 5.74) is 8.93. The molecule has 1 amide bonds. The normalized spacial score (nSPS) is 11.0. The Hall–Kier alpha value is -2.31. The van der Waals surface area contributed by atoms with Gasteiger partial charge >= 0.3 is 0 Å². The van der Waals surface area contributed by atoms with E-state index in [-0.39, 0.29) is 5.91 Å². The van der Waals surface area contributed by atoms with Crippen molar-refractivity contribution in [2.24, 2.45) is 5.73 Å². The molecule has 3 rings (SSSR count). The fraction of sp³-hybridized carbons (Fsp3) is 0.333. The topological polar surface area (TPSA) is 64.2 Å². The van der Waals surface area contributed by atoms with Gasteiger partial charge in [-0.15, -0.1) is 0 Å². The van der Waals surface area contributed by atoms with Crippen molar-refractivity contribution < 1.29 is 4.79 Å². The van der Waals surface area contributed by atoms with Gasteiger partial charge < -0.3 is 15.2 Å². The van der Waals surface area contributed by atoms with Crippen LogP contribution in [0.4, 0.5) is 0 Å². The summed E-state index contributed by atoms with van der Waals surface area (Å²) in [5, 5.41) is 0. The van der Waals surface area contributed by atoms with Gasteiger partial charge in [-0.25, -0.2) is 4.98 Å².